The first-order valence-corrected chi connectivity index (χ1v) is 4.98. The van der Waals surface area contributed by atoms with E-state index in [-0.39, 0.29) is 5.91 Å². The molecule has 1 aromatic rings. The molecule has 2 heteroatoms. The van der Waals surface area contributed by atoms with Gasteiger partial charge in [0.25, 0.3) is 0 Å². The lowest BCUT2D eigenvalue weighted by Crippen LogP contribution is -2.26. The van der Waals surface area contributed by atoms with Gasteiger partial charge in [0, 0.05) is 13.0 Å². The molecule has 0 aliphatic heterocycles. The lowest BCUT2D eigenvalue weighted by Gasteiger charge is -2.05. The van der Waals surface area contributed by atoms with E-state index in [1.807, 2.05) is 31.2 Å². The average Bonchev–Trinajstić information content (AvgIpc) is 2.22. The molecule has 0 bridgehead atoms. The van der Waals surface area contributed by atoms with E-state index in [1.165, 1.54) is 0 Å². The van der Waals surface area contributed by atoms with Crippen molar-refractivity contribution in [2.75, 3.05) is 6.54 Å². The number of benzene rings is 1. The van der Waals surface area contributed by atoms with Crippen molar-refractivity contribution in [3.05, 3.63) is 35.4 Å². The van der Waals surface area contributed by atoms with Crippen LogP contribution in [0.3, 0.4) is 0 Å². The molecule has 0 atom stereocenters. The zero-order chi connectivity index (χ0) is 11.1. The molecule has 15 heavy (non-hydrogen) atoms. The highest BCUT2D eigenvalue weighted by Crippen LogP contribution is 2.07. The molecule has 0 aliphatic carbocycles. The van der Waals surface area contributed by atoms with Gasteiger partial charge in [-0.3, -0.25) is 4.79 Å². The van der Waals surface area contributed by atoms with E-state index in [0.717, 1.165) is 11.1 Å². The van der Waals surface area contributed by atoms with Crippen LogP contribution in [-0.2, 0) is 11.2 Å². The van der Waals surface area contributed by atoms with Crippen molar-refractivity contribution in [3.63, 3.8) is 0 Å². The summed E-state index contributed by atoms with van der Waals surface area (Å²) in [5.41, 5.74) is 2.21. The summed E-state index contributed by atoms with van der Waals surface area (Å²) in [6, 6.07) is 7.88. The third-order valence-electron chi connectivity index (χ3n) is 2.20. The minimum Gasteiger partial charge on any atom is -0.355 e. The Morgan fingerprint density at radius 2 is 2.20 bits per heavy atom. The van der Waals surface area contributed by atoms with Gasteiger partial charge in [-0.15, -0.1) is 12.3 Å². The molecule has 1 aromatic carbocycles. The smallest absolute Gasteiger partial charge is 0.224 e. The minimum atomic E-state index is 0.0274. The fourth-order valence-corrected chi connectivity index (χ4v) is 1.32. The fraction of sp³-hybridized carbons (Fsp3) is 0.308. The van der Waals surface area contributed by atoms with Gasteiger partial charge in [0.2, 0.25) is 5.91 Å². The van der Waals surface area contributed by atoms with E-state index in [1.54, 1.807) is 0 Å². The van der Waals surface area contributed by atoms with Crippen LogP contribution in [0.2, 0.25) is 0 Å². The van der Waals surface area contributed by atoms with Crippen LogP contribution in [0.25, 0.3) is 0 Å². The zero-order valence-electron chi connectivity index (χ0n) is 8.92. The first-order valence-electron chi connectivity index (χ1n) is 4.98. The molecule has 1 amide bonds. The van der Waals surface area contributed by atoms with E-state index in [0.29, 0.717) is 19.4 Å². The fourth-order valence-electron chi connectivity index (χ4n) is 1.32. The Labute approximate surface area is 90.7 Å². The monoisotopic (exact) mass is 201 g/mol. The molecule has 0 aliphatic rings. The topological polar surface area (TPSA) is 29.1 Å². The SMILES string of the molecule is C#CCCNC(=O)Cc1ccccc1C. The molecule has 78 valence electrons. The Morgan fingerprint density at radius 1 is 1.47 bits per heavy atom. The van der Waals surface area contributed by atoms with Gasteiger partial charge in [-0.25, -0.2) is 0 Å². The molecule has 0 heterocycles. The Kier molecular flexibility index (Phi) is 4.43. The van der Waals surface area contributed by atoms with Crippen LogP contribution in [0.4, 0.5) is 0 Å². The zero-order valence-corrected chi connectivity index (χ0v) is 8.92. The lowest BCUT2D eigenvalue weighted by molar-refractivity contribution is -0.120. The van der Waals surface area contributed by atoms with Gasteiger partial charge in [0.1, 0.15) is 0 Å². The van der Waals surface area contributed by atoms with Gasteiger partial charge in [-0.1, -0.05) is 24.3 Å². The Bertz CT molecular complexity index is 376. The summed E-state index contributed by atoms with van der Waals surface area (Å²) in [6.45, 7) is 2.56. The van der Waals surface area contributed by atoms with Crippen LogP contribution in [0.15, 0.2) is 24.3 Å². The van der Waals surface area contributed by atoms with Crippen molar-refractivity contribution in [3.8, 4) is 12.3 Å². The molecule has 2 nitrogen and oxygen atoms in total. The van der Waals surface area contributed by atoms with Crippen LogP contribution in [0.1, 0.15) is 17.5 Å². The number of terminal acetylenes is 1. The van der Waals surface area contributed by atoms with Crippen molar-refractivity contribution in [2.24, 2.45) is 0 Å². The van der Waals surface area contributed by atoms with E-state index in [9.17, 15) is 4.79 Å². The Hall–Kier alpha value is -1.75. The maximum Gasteiger partial charge on any atom is 0.224 e. The van der Waals surface area contributed by atoms with Gasteiger partial charge >= 0.3 is 0 Å². The molecule has 0 radical (unpaired) electrons. The molecule has 1 N–H and O–H groups in total. The molecule has 1 rings (SSSR count). The van der Waals surface area contributed by atoms with Crippen LogP contribution in [0, 0.1) is 19.3 Å². The summed E-state index contributed by atoms with van der Waals surface area (Å²) in [5.74, 6) is 2.51. The second-order valence-corrected chi connectivity index (χ2v) is 3.41. The first kappa shape index (κ1) is 11.3. The molecular weight excluding hydrogens is 186 g/mol. The number of aryl methyl sites for hydroxylation is 1. The summed E-state index contributed by atoms with van der Waals surface area (Å²) in [7, 11) is 0. The maximum atomic E-state index is 11.5. The van der Waals surface area contributed by atoms with Crippen molar-refractivity contribution in [1.29, 1.82) is 0 Å². The van der Waals surface area contributed by atoms with Gasteiger partial charge in [-0.2, -0.15) is 0 Å². The molecular formula is C13H15NO. The molecule has 0 spiro atoms. The number of nitrogens with one attached hydrogen (secondary N) is 1. The van der Waals surface area contributed by atoms with Crippen molar-refractivity contribution < 1.29 is 4.79 Å². The van der Waals surface area contributed by atoms with Gasteiger partial charge < -0.3 is 5.32 Å². The minimum absolute atomic E-state index is 0.0274. The summed E-state index contributed by atoms with van der Waals surface area (Å²) >= 11 is 0. The molecule has 0 aromatic heterocycles. The highest BCUT2D eigenvalue weighted by molar-refractivity contribution is 5.78. The Morgan fingerprint density at radius 3 is 2.87 bits per heavy atom. The number of rotatable bonds is 4. The van der Waals surface area contributed by atoms with Crippen molar-refractivity contribution >= 4 is 5.91 Å². The van der Waals surface area contributed by atoms with Crippen LogP contribution >= 0.6 is 0 Å². The quantitative estimate of drug-likeness (QED) is 0.582. The molecule has 0 saturated heterocycles. The normalized spacial score (nSPS) is 9.33. The number of hydrogen-bond acceptors (Lipinski definition) is 1. The number of carbonyl (C=O) groups is 1. The second kappa shape index (κ2) is 5.87. The number of carbonyl (C=O) groups excluding carboxylic acids is 1. The molecule has 0 fully saturated rings. The third-order valence-corrected chi connectivity index (χ3v) is 2.20. The maximum absolute atomic E-state index is 11.5. The Balaban J connectivity index is 2.45. The summed E-state index contributed by atoms with van der Waals surface area (Å²) in [4.78, 5) is 11.5. The lowest BCUT2D eigenvalue weighted by atomic mass is 10.1. The van der Waals surface area contributed by atoms with Gasteiger partial charge in [0.15, 0.2) is 0 Å². The van der Waals surface area contributed by atoms with Gasteiger partial charge in [-0.05, 0) is 18.1 Å². The van der Waals surface area contributed by atoms with E-state index in [2.05, 4.69) is 11.2 Å². The first-order chi connectivity index (χ1) is 7.24. The standard InChI is InChI=1S/C13H15NO/c1-3-4-9-14-13(15)10-12-8-6-5-7-11(12)2/h1,5-8H,4,9-10H2,2H3,(H,14,15). The van der Waals surface area contributed by atoms with E-state index in [4.69, 9.17) is 6.42 Å². The van der Waals surface area contributed by atoms with Crippen molar-refractivity contribution in [1.82, 2.24) is 5.32 Å². The molecule has 0 saturated carbocycles. The van der Waals surface area contributed by atoms with Crippen LogP contribution in [-0.4, -0.2) is 12.5 Å². The largest absolute Gasteiger partial charge is 0.355 e. The second-order valence-electron chi connectivity index (χ2n) is 3.41. The van der Waals surface area contributed by atoms with Crippen molar-refractivity contribution in [2.45, 2.75) is 19.8 Å². The van der Waals surface area contributed by atoms with Crippen LogP contribution < -0.4 is 5.32 Å². The van der Waals surface area contributed by atoms with E-state index >= 15 is 0 Å². The predicted molar refractivity (Wildman–Crippen MR) is 61.3 cm³/mol. The summed E-state index contributed by atoms with van der Waals surface area (Å²) < 4.78 is 0. The highest BCUT2D eigenvalue weighted by Gasteiger charge is 2.03. The third kappa shape index (κ3) is 3.86. The highest BCUT2D eigenvalue weighted by atomic mass is 16.1. The summed E-state index contributed by atoms with van der Waals surface area (Å²) in [5, 5.41) is 2.78. The van der Waals surface area contributed by atoms with E-state index < -0.39 is 0 Å². The predicted octanol–water partition coefficient (Wildman–Crippen LogP) is 1.68. The molecule has 0 unspecified atom stereocenters. The van der Waals surface area contributed by atoms with Gasteiger partial charge in [0.05, 0.1) is 6.42 Å². The number of hydrogen-bond donors (Lipinski definition) is 1. The number of amides is 1. The average molecular weight is 201 g/mol. The van der Waals surface area contributed by atoms with Crippen LogP contribution in [0.5, 0.6) is 0 Å². The summed E-state index contributed by atoms with van der Waals surface area (Å²) in [6.07, 6.45) is 6.10.